The van der Waals surface area contributed by atoms with Gasteiger partial charge < -0.3 is 15.1 Å². The number of phenols is 2. The Morgan fingerprint density at radius 2 is 2.07 bits per heavy atom. The van der Waals surface area contributed by atoms with Gasteiger partial charge in [0.15, 0.2) is 11.5 Å². The average molecular weight is 197 g/mol. The summed E-state index contributed by atoms with van der Waals surface area (Å²) in [4.78, 5) is 4.77. The number of hydrogen-bond donors (Lipinski definition) is 3. The molecule has 0 aliphatic heterocycles. The van der Waals surface area contributed by atoms with Gasteiger partial charge >= 0.3 is 0 Å². The molecule has 0 bridgehead atoms. The Morgan fingerprint density at radius 1 is 1.36 bits per heavy atom. The first kappa shape index (κ1) is 10.8. The average Bonchev–Trinajstić information content (AvgIpc) is 2.12. The maximum Gasteiger partial charge on any atom is 0.157 e. The number of aromatic hydroxyl groups is 2. The maximum absolute atomic E-state index is 9.24. The van der Waals surface area contributed by atoms with Crippen molar-refractivity contribution in [3.05, 3.63) is 23.8 Å². The lowest BCUT2D eigenvalue weighted by Gasteiger charge is -2.11. The molecule has 1 aromatic carbocycles. The maximum atomic E-state index is 9.24. The lowest BCUT2D eigenvalue weighted by atomic mass is 10.1. The third kappa shape index (κ3) is 2.90. The van der Waals surface area contributed by atoms with Crippen molar-refractivity contribution in [2.24, 2.45) is 0 Å². The van der Waals surface area contributed by atoms with E-state index in [1.54, 1.807) is 19.2 Å². The van der Waals surface area contributed by atoms with Gasteiger partial charge in [0.1, 0.15) is 0 Å². The van der Waals surface area contributed by atoms with Gasteiger partial charge in [-0.15, -0.1) is 0 Å². The van der Waals surface area contributed by atoms with Crippen molar-refractivity contribution in [2.75, 3.05) is 7.11 Å². The van der Waals surface area contributed by atoms with Crippen LogP contribution in [-0.4, -0.2) is 23.4 Å². The molecule has 0 amide bonds. The van der Waals surface area contributed by atoms with Crippen LogP contribution in [0.4, 0.5) is 0 Å². The lowest BCUT2D eigenvalue weighted by molar-refractivity contribution is 0.0661. The summed E-state index contributed by atoms with van der Waals surface area (Å²) in [5.74, 6) is -0.187. The molecule has 1 atom stereocenters. The molecule has 0 aliphatic carbocycles. The van der Waals surface area contributed by atoms with Crippen LogP contribution in [0.3, 0.4) is 0 Å². The highest BCUT2D eigenvalue weighted by Gasteiger charge is 2.05. The zero-order chi connectivity index (χ0) is 10.6. The number of hydroxylamine groups is 1. The molecule has 0 spiro atoms. The van der Waals surface area contributed by atoms with Crippen LogP contribution >= 0.6 is 0 Å². The fourth-order valence-electron chi connectivity index (χ4n) is 1.29. The number of rotatable bonds is 4. The van der Waals surface area contributed by atoms with Crippen LogP contribution in [0.25, 0.3) is 0 Å². The van der Waals surface area contributed by atoms with E-state index in [1.165, 1.54) is 6.07 Å². The van der Waals surface area contributed by atoms with E-state index in [-0.39, 0.29) is 17.5 Å². The first-order valence-electron chi connectivity index (χ1n) is 4.43. The lowest BCUT2D eigenvalue weighted by Crippen LogP contribution is -2.26. The Hall–Kier alpha value is -1.26. The Balaban J connectivity index is 2.63. The highest BCUT2D eigenvalue weighted by Crippen LogP contribution is 2.25. The number of phenolic OH excluding ortho intramolecular Hbond substituents is 2. The van der Waals surface area contributed by atoms with Crippen molar-refractivity contribution in [3.63, 3.8) is 0 Å². The van der Waals surface area contributed by atoms with Gasteiger partial charge in [-0.1, -0.05) is 6.07 Å². The van der Waals surface area contributed by atoms with Crippen molar-refractivity contribution in [1.29, 1.82) is 0 Å². The summed E-state index contributed by atoms with van der Waals surface area (Å²) in [6.07, 6.45) is 0.724. The topological polar surface area (TPSA) is 61.7 Å². The SMILES string of the molecule is CONC(C)Cc1ccc(O)c(O)c1. The number of nitrogens with one attached hydrogen (secondary N) is 1. The molecule has 0 heterocycles. The minimum atomic E-state index is -0.0962. The normalized spacial score (nSPS) is 12.7. The molecule has 4 nitrogen and oxygen atoms in total. The highest BCUT2D eigenvalue weighted by molar-refractivity contribution is 5.40. The molecule has 0 saturated carbocycles. The van der Waals surface area contributed by atoms with E-state index >= 15 is 0 Å². The Kier molecular flexibility index (Phi) is 3.73. The van der Waals surface area contributed by atoms with Gasteiger partial charge in [0.2, 0.25) is 0 Å². The van der Waals surface area contributed by atoms with Crippen LogP contribution in [0.1, 0.15) is 12.5 Å². The summed E-state index contributed by atoms with van der Waals surface area (Å²) in [6, 6.07) is 4.94. The molecular weight excluding hydrogens is 182 g/mol. The smallest absolute Gasteiger partial charge is 0.157 e. The Bertz CT molecular complexity index is 301. The minimum absolute atomic E-state index is 0.0906. The molecule has 78 valence electrons. The van der Waals surface area contributed by atoms with E-state index in [0.29, 0.717) is 0 Å². The quantitative estimate of drug-likeness (QED) is 0.501. The zero-order valence-electron chi connectivity index (χ0n) is 8.32. The third-order valence-corrected chi connectivity index (χ3v) is 1.90. The summed E-state index contributed by atoms with van der Waals surface area (Å²) in [7, 11) is 1.56. The van der Waals surface area contributed by atoms with Gasteiger partial charge in [0.25, 0.3) is 0 Å². The fraction of sp³-hybridized carbons (Fsp3) is 0.400. The molecule has 1 unspecified atom stereocenters. The largest absolute Gasteiger partial charge is 0.504 e. The van der Waals surface area contributed by atoms with Crippen molar-refractivity contribution in [3.8, 4) is 11.5 Å². The highest BCUT2D eigenvalue weighted by atomic mass is 16.6. The van der Waals surface area contributed by atoms with Crippen LogP contribution in [0, 0.1) is 0 Å². The van der Waals surface area contributed by atoms with Crippen LogP contribution in [0.2, 0.25) is 0 Å². The second kappa shape index (κ2) is 4.83. The van der Waals surface area contributed by atoms with E-state index in [9.17, 15) is 5.11 Å². The molecule has 3 N–H and O–H groups in total. The van der Waals surface area contributed by atoms with Gasteiger partial charge in [0.05, 0.1) is 7.11 Å². The van der Waals surface area contributed by atoms with Gasteiger partial charge in [-0.3, -0.25) is 0 Å². The van der Waals surface area contributed by atoms with Crippen molar-refractivity contribution in [2.45, 2.75) is 19.4 Å². The molecule has 1 aromatic rings. The second-order valence-electron chi connectivity index (χ2n) is 3.25. The minimum Gasteiger partial charge on any atom is -0.504 e. The molecule has 1 rings (SSSR count). The second-order valence-corrected chi connectivity index (χ2v) is 3.25. The van der Waals surface area contributed by atoms with Crippen LogP contribution in [0.15, 0.2) is 18.2 Å². The van der Waals surface area contributed by atoms with Crippen molar-refractivity contribution >= 4 is 0 Å². The predicted octanol–water partition coefficient (Wildman–Crippen LogP) is 1.18. The van der Waals surface area contributed by atoms with Gasteiger partial charge in [-0.05, 0) is 31.0 Å². The van der Waals surface area contributed by atoms with Crippen molar-refractivity contribution < 1.29 is 15.1 Å². The standard InChI is InChI=1S/C10H15NO3/c1-7(11-14-2)5-8-3-4-9(12)10(13)6-8/h3-4,6-7,11-13H,5H2,1-2H3. The van der Waals surface area contributed by atoms with Crippen LogP contribution in [0.5, 0.6) is 11.5 Å². The molecule has 0 aromatic heterocycles. The number of hydrogen-bond acceptors (Lipinski definition) is 4. The fourth-order valence-corrected chi connectivity index (χ4v) is 1.29. The first-order valence-corrected chi connectivity index (χ1v) is 4.43. The molecule has 0 saturated heterocycles. The predicted molar refractivity (Wildman–Crippen MR) is 53.1 cm³/mol. The molecule has 14 heavy (non-hydrogen) atoms. The summed E-state index contributed by atoms with van der Waals surface area (Å²) >= 11 is 0. The third-order valence-electron chi connectivity index (χ3n) is 1.90. The van der Waals surface area contributed by atoms with E-state index in [0.717, 1.165) is 12.0 Å². The zero-order valence-corrected chi connectivity index (χ0v) is 8.32. The van der Waals surface area contributed by atoms with Crippen molar-refractivity contribution in [1.82, 2.24) is 5.48 Å². The van der Waals surface area contributed by atoms with Gasteiger partial charge in [-0.2, -0.15) is 5.48 Å². The van der Waals surface area contributed by atoms with Crippen LogP contribution in [-0.2, 0) is 11.3 Å². The Labute approximate surface area is 83.1 Å². The summed E-state index contributed by atoms with van der Waals surface area (Å²) in [5, 5.41) is 18.3. The summed E-state index contributed by atoms with van der Waals surface area (Å²) < 4.78 is 0. The molecular formula is C10H15NO3. The Morgan fingerprint density at radius 3 is 2.64 bits per heavy atom. The van der Waals surface area contributed by atoms with Gasteiger partial charge in [-0.25, -0.2) is 0 Å². The van der Waals surface area contributed by atoms with E-state index in [1.807, 2.05) is 6.92 Å². The number of benzene rings is 1. The van der Waals surface area contributed by atoms with E-state index < -0.39 is 0 Å². The molecule has 0 fully saturated rings. The van der Waals surface area contributed by atoms with Gasteiger partial charge in [0, 0.05) is 6.04 Å². The van der Waals surface area contributed by atoms with Crippen LogP contribution < -0.4 is 5.48 Å². The first-order chi connectivity index (χ1) is 6.63. The summed E-state index contributed by atoms with van der Waals surface area (Å²) in [5.41, 5.74) is 3.73. The molecule has 0 aliphatic rings. The van der Waals surface area contributed by atoms with E-state index in [2.05, 4.69) is 5.48 Å². The monoisotopic (exact) mass is 197 g/mol. The molecule has 4 heteroatoms. The summed E-state index contributed by atoms with van der Waals surface area (Å²) in [6.45, 7) is 1.97. The molecule has 0 radical (unpaired) electrons. The van der Waals surface area contributed by atoms with E-state index in [4.69, 9.17) is 9.94 Å².